The van der Waals surface area contributed by atoms with Crippen molar-refractivity contribution >= 4 is 16.7 Å². The highest BCUT2D eigenvalue weighted by atomic mass is 16.3. The van der Waals surface area contributed by atoms with Gasteiger partial charge >= 0.3 is 0 Å². The molecule has 1 aromatic carbocycles. The monoisotopic (exact) mass is 273 g/mol. The Morgan fingerprint density at radius 3 is 3.05 bits per heavy atom. The Hall–Kier alpha value is -1.55. The second-order valence-corrected chi connectivity index (χ2v) is 5.90. The smallest absolute Gasteiger partial charge is 0.112 e. The van der Waals surface area contributed by atoms with E-state index in [-0.39, 0.29) is 6.10 Å². The van der Waals surface area contributed by atoms with Crippen LogP contribution in [0.3, 0.4) is 0 Å². The Balaban J connectivity index is 2.02. The van der Waals surface area contributed by atoms with Gasteiger partial charge in [0.2, 0.25) is 0 Å². The van der Waals surface area contributed by atoms with Gasteiger partial charge in [-0.3, -0.25) is 0 Å². The van der Waals surface area contributed by atoms with Crippen LogP contribution in [0.15, 0.2) is 24.5 Å². The molecule has 2 aromatic rings. The van der Waals surface area contributed by atoms with Crippen LogP contribution >= 0.6 is 0 Å². The quantitative estimate of drug-likeness (QED) is 0.903. The van der Waals surface area contributed by atoms with Crippen molar-refractivity contribution in [2.75, 3.05) is 4.90 Å². The van der Waals surface area contributed by atoms with Gasteiger partial charge in [-0.25, -0.2) is 4.98 Å². The summed E-state index contributed by atoms with van der Waals surface area (Å²) < 4.78 is 0. The molecule has 0 bridgehead atoms. The van der Waals surface area contributed by atoms with E-state index in [0.717, 1.165) is 36.7 Å². The van der Waals surface area contributed by atoms with Gasteiger partial charge in [0.1, 0.15) is 5.52 Å². The van der Waals surface area contributed by atoms with E-state index >= 15 is 0 Å². The van der Waals surface area contributed by atoms with Crippen molar-refractivity contribution in [3.8, 4) is 0 Å². The minimum atomic E-state index is -0.170. The zero-order valence-electron chi connectivity index (χ0n) is 12.2. The fourth-order valence-electron chi connectivity index (χ4n) is 3.57. The minimum Gasteiger partial charge on any atom is -0.393 e. The largest absolute Gasteiger partial charge is 0.393 e. The van der Waals surface area contributed by atoms with E-state index < -0.39 is 0 Å². The number of piperidine rings is 1. The fourth-order valence-corrected chi connectivity index (χ4v) is 3.57. The Morgan fingerprint density at radius 2 is 2.25 bits per heavy atom. The van der Waals surface area contributed by atoms with Crippen molar-refractivity contribution < 1.29 is 5.11 Å². The lowest BCUT2D eigenvalue weighted by atomic mass is 9.90. The summed E-state index contributed by atoms with van der Waals surface area (Å²) in [4.78, 5) is 10.1. The standard InChI is InChI=1S/C16H23N3O/c1-3-5-12-9-13(20)8-11(2)19(12)15-7-4-6-14-16(15)18-10-17-14/h4,6-7,10-13,20H,3,5,8-9H2,1-2H3,(H,17,18)/t11-,12+,13-/m1/s1. The molecule has 2 N–H and O–H groups in total. The molecule has 1 fully saturated rings. The zero-order chi connectivity index (χ0) is 14.1. The number of hydrogen-bond donors (Lipinski definition) is 2. The van der Waals surface area contributed by atoms with E-state index in [9.17, 15) is 5.11 Å². The Kier molecular flexibility index (Phi) is 3.66. The number of nitrogens with one attached hydrogen (secondary N) is 1. The van der Waals surface area contributed by atoms with Crippen LogP contribution in [0.4, 0.5) is 5.69 Å². The molecule has 0 amide bonds. The summed E-state index contributed by atoms with van der Waals surface area (Å²) >= 11 is 0. The summed E-state index contributed by atoms with van der Waals surface area (Å²) in [5.74, 6) is 0. The number of hydrogen-bond acceptors (Lipinski definition) is 3. The number of H-pyrrole nitrogens is 1. The van der Waals surface area contributed by atoms with Gasteiger partial charge in [-0.2, -0.15) is 0 Å². The normalized spacial score (nSPS) is 27.1. The fraction of sp³-hybridized carbons (Fsp3) is 0.562. The highest BCUT2D eigenvalue weighted by molar-refractivity contribution is 5.88. The lowest BCUT2D eigenvalue weighted by molar-refractivity contribution is 0.111. The number of anilines is 1. The van der Waals surface area contributed by atoms with Crippen molar-refractivity contribution in [2.24, 2.45) is 0 Å². The lowest BCUT2D eigenvalue weighted by Gasteiger charge is -2.44. The van der Waals surface area contributed by atoms with Gasteiger partial charge in [0.05, 0.1) is 23.6 Å². The van der Waals surface area contributed by atoms with Crippen molar-refractivity contribution in [2.45, 2.75) is 57.7 Å². The first kappa shape index (κ1) is 13.4. The van der Waals surface area contributed by atoms with Crippen molar-refractivity contribution in [3.63, 3.8) is 0 Å². The second-order valence-electron chi connectivity index (χ2n) is 5.90. The maximum Gasteiger partial charge on any atom is 0.112 e. The number of aromatic amines is 1. The molecule has 0 saturated carbocycles. The van der Waals surface area contributed by atoms with Crippen molar-refractivity contribution in [1.82, 2.24) is 9.97 Å². The van der Waals surface area contributed by atoms with Gasteiger partial charge in [-0.1, -0.05) is 19.4 Å². The van der Waals surface area contributed by atoms with E-state index in [1.807, 2.05) is 0 Å². The number of aliphatic hydroxyl groups is 1. The average molecular weight is 273 g/mol. The molecule has 4 nitrogen and oxygen atoms in total. The number of imidazole rings is 1. The average Bonchev–Trinajstić information content (AvgIpc) is 2.87. The molecular formula is C16H23N3O. The van der Waals surface area contributed by atoms with Gasteiger partial charge in [0.25, 0.3) is 0 Å². The van der Waals surface area contributed by atoms with Crippen LogP contribution in [0.2, 0.25) is 0 Å². The van der Waals surface area contributed by atoms with Gasteiger partial charge < -0.3 is 15.0 Å². The molecule has 3 rings (SSSR count). The van der Waals surface area contributed by atoms with Gasteiger partial charge in [0, 0.05) is 12.1 Å². The number of fused-ring (bicyclic) bond motifs is 1. The number of aliphatic hydroxyl groups excluding tert-OH is 1. The van der Waals surface area contributed by atoms with Gasteiger partial charge in [0.15, 0.2) is 0 Å². The third kappa shape index (κ3) is 2.29. The van der Waals surface area contributed by atoms with Crippen LogP contribution in [0.1, 0.15) is 39.5 Å². The molecular weight excluding hydrogens is 250 g/mol. The van der Waals surface area contributed by atoms with Crippen LogP contribution in [-0.4, -0.2) is 33.3 Å². The third-order valence-electron chi connectivity index (χ3n) is 4.35. The molecule has 4 heteroatoms. The third-order valence-corrected chi connectivity index (χ3v) is 4.35. The second kappa shape index (κ2) is 5.44. The van der Waals surface area contributed by atoms with Crippen LogP contribution in [0, 0.1) is 0 Å². The molecule has 0 unspecified atom stereocenters. The topological polar surface area (TPSA) is 52.1 Å². The predicted octanol–water partition coefficient (Wildman–Crippen LogP) is 3.08. The van der Waals surface area contributed by atoms with Gasteiger partial charge in [-0.05, 0) is 38.3 Å². The first-order valence-electron chi connectivity index (χ1n) is 7.59. The van der Waals surface area contributed by atoms with Crippen LogP contribution in [-0.2, 0) is 0 Å². The molecule has 1 saturated heterocycles. The lowest BCUT2D eigenvalue weighted by Crippen LogP contribution is -2.49. The van der Waals surface area contributed by atoms with E-state index in [2.05, 4.69) is 46.9 Å². The van der Waals surface area contributed by atoms with E-state index in [0.29, 0.717) is 12.1 Å². The van der Waals surface area contributed by atoms with E-state index in [1.165, 1.54) is 5.69 Å². The summed E-state index contributed by atoms with van der Waals surface area (Å²) in [6.45, 7) is 4.41. The number of rotatable bonds is 3. The predicted molar refractivity (Wildman–Crippen MR) is 82.0 cm³/mol. The zero-order valence-corrected chi connectivity index (χ0v) is 12.2. The number of benzene rings is 1. The number of aromatic nitrogens is 2. The highest BCUT2D eigenvalue weighted by Gasteiger charge is 2.33. The summed E-state index contributed by atoms with van der Waals surface area (Å²) in [7, 11) is 0. The molecule has 1 aliphatic rings. The van der Waals surface area contributed by atoms with E-state index in [1.54, 1.807) is 6.33 Å². The van der Waals surface area contributed by atoms with Crippen LogP contribution in [0.5, 0.6) is 0 Å². The molecule has 3 atom stereocenters. The summed E-state index contributed by atoms with van der Waals surface area (Å²) in [5, 5.41) is 10.1. The maximum atomic E-state index is 10.1. The van der Waals surface area contributed by atoms with Crippen molar-refractivity contribution in [3.05, 3.63) is 24.5 Å². The molecule has 0 spiro atoms. The Bertz CT molecular complexity index is 580. The molecule has 20 heavy (non-hydrogen) atoms. The molecule has 2 heterocycles. The summed E-state index contributed by atoms with van der Waals surface area (Å²) in [5.41, 5.74) is 3.31. The summed E-state index contributed by atoms with van der Waals surface area (Å²) in [6, 6.07) is 7.04. The maximum absolute atomic E-state index is 10.1. The SMILES string of the molecule is CCC[C@H]1C[C@H](O)C[C@@H](C)N1c1cccc2[nH]cnc12. The van der Waals surface area contributed by atoms with E-state index in [4.69, 9.17) is 0 Å². The van der Waals surface area contributed by atoms with Crippen molar-refractivity contribution in [1.29, 1.82) is 0 Å². The number of para-hydroxylation sites is 1. The Labute approximate surface area is 119 Å². The Morgan fingerprint density at radius 1 is 1.40 bits per heavy atom. The first-order valence-corrected chi connectivity index (χ1v) is 7.59. The van der Waals surface area contributed by atoms with Crippen LogP contribution < -0.4 is 4.90 Å². The molecule has 1 aliphatic heterocycles. The molecule has 0 radical (unpaired) electrons. The molecule has 108 valence electrons. The molecule has 0 aliphatic carbocycles. The van der Waals surface area contributed by atoms with Gasteiger partial charge in [-0.15, -0.1) is 0 Å². The summed E-state index contributed by atoms with van der Waals surface area (Å²) in [6.07, 6.45) is 5.53. The molecule has 1 aromatic heterocycles. The van der Waals surface area contributed by atoms with Crippen LogP contribution in [0.25, 0.3) is 11.0 Å². The highest BCUT2D eigenvalue weighted by Crippen LogP contribution is 2.34. The minimum absolute atomic E-state index is 0.170. The number of nitrogens with zero attached hydrogens (tertiary/aromatic N) is 2. The first-order chi connectivity index (χ1) is 9.70.